The van der Waals surface area contributed by atoms with Crippen LogP contribution in [0.15, 0.2) is 0 Å². The molecule has 0 saturated carbocycles. The van der Waals surface area contributed by atoms with Crippen LogP contribution in [0, 0.1) is 0 Å². The molecule has 0 aliphatic carbocycles. The van der Waals surface area contributed by atoms with Gasteiger partial charge in [-0.05, 0) is 0 Å². The maximum Gasteiger partial charge on any atom is 0.301 e. The highest BCUT2D eigenvalue weighted by Crippen LogP contribution is 1.82. The molecule has 0 saturated heterocycles. The third kappa shape index (κ3) is 7.54. The van der Waals surface area contributed by atoms with Crippen LogP contribution in [0.3, 0.4) is 0 Å². The van der Waals surface area contributed by atoms with Crippen molar-refractivity contribution in [3.05, 3.63) is 0 Å². The van der Waals surface area contributed by atoms with Crippen molar-refractivity contribution >= 4 is 17.3 Å². The van der Waals surface area contributed by atoms with E-state index < -0.39 is 17.3 Å². The van der Waals surface area contributed by atoms with Gasteiger partial charge in [0, 0.05) is 0 Å². The van der Waals surface area contributed by atoms with Crippen LogP contribution in [0.25, 0.3) is 0 Å². The molecule has 1 atom stereocenters. The number of carbonyl (C=O) groups is 1. The highest BCUT2D eigenvalue weighted by Gasteiger charge is 1.95. The molecule has 0 aliphatic rings. The Balaban J connectivity index is 3.10. The molecule has 0 aromatic heterocycles. The van der Waals surface area contributed by atoms with Gasteiger partial charge in [-0.1, -0.05) is 0 Å². The minimum Gasteiger partial charge on any atom is -0.370 e. The molecule has 1 unspecified atom stereocenters. The van der Waals surface area contributed by atoms with Crippen molar-refractivity contribution in [1.82, 2.24) is 0 Å². The lowest BCUT2D eigenvalue weighted by Crippen LogP contribution is -2.13. The summed E-state index contributed by atoms with van der Waals surface area (Å²) in [5, 5.41) is 0. The van der Waals surface area contributed by atoms with Crippen LogP contribution in [-0.2, 0) is 20.3 Å². The minimum absolute atomic E-state index is 0.0354. The van der Waals surface area contributed by atoms with Gasteiger partial charge in [0.05, 0.1) is 13.0 Å². The standard InChI is InChI=1S/C3H7NO4S/c4-3(5)1-2-8-9(6)7/h1-2H2,(H2,4,5)(H,6,7). The number of hydrogen-bond donors (Lipinski definition) is 2. The molecule has 1 amide bonds. The van der Waals surface area contributed by atoms with Gasteiger partial charge in [-0.25, -0.2) is 0 Å². The van der Waals surface area contributed by atoms with E-state index >= 15 is 0 Å². The van der Waals surface area contributed by atoms with Crippen molar-refractivity contribution in [2.45, 2.75) is 6.42 Å². The average Bonchev–Trinajstić information content (AvgIpc) is 1.63. The first-order valence-electron chi connectivity index (χ1n) is 2.15. The van der Waals surface area contributed by atoms with Gasteiger partial charge in [0.2, 0.25) is 5.91 Å². The summed E-state index contributed by atoms with van der Waals surface area (Å²) in [6.45, 7) is -0.113. The average molecular weight is 153 g/mol. The van der Waals surface area contributed by atoms with Crippen LogP contribution in [0.1, 0.15) is 6.42 Å². The van der Waals surface area contributed by atoms with Crippen LogP contribution < -0.4 is 5.73 Å². The molecule has 0 fully saturated rings. The second-order valence-electron chi connectivity index (χ2n) is 1.26. The number of rotatable bonds is 4. The summed E-state index contributed by atoms with van der Waals surface area (Å²) in [6, 6.07) is 0. The van der Waals surface area contributed by atoms with Crippen molar-refractivity contribution in [3.63, 3.8) is 0 Å². The largest absolute Gasteiger partial charge is 0.370 e. The number of nitrogens with two attached hydrogens (primary N) is 1. The molecular formula is C3H7NO4S. The van der Waals surface area contributed by atoms with Crippen molar-refractivity contribution in [2.24, 2.45) is 5.73 Å². The van der Waals surface area contributed by atoms with Crippen LogP contribution in [-0.4, -0.2) is 21.3 Å². The Morgan fingerprint density at radius 2 is 2.33 bits per heavy atom. The van der Waals surface area contributed by atoms with Crippen molar-refractivity contribution in [3.8, 4) is 0 Å². The lowest BCUT2D eigenvalue weighted by molar-refractivity contribution is -0.118. The summed E-state index contributed by atoms with van der Waals surface area (Å²) in [5.41, 5.74) is 4.68. The van der Waals surface area contributed by atoms with Crippen LogP contribution in [0.4, 0.5) is 0 Å². The Bertz CT molecular complexity index is 111. The fourth-order valence-corrected chi connectivity index (χ4v) is 0.439. The molecule has 0 aromatic carbocycles. The van der Waals surface area contributed by atoms with E-state index in [-0.39, 0.29) is 13.0 Å². The number of hydrogen-bond acceptors (Lipinski definition) is 3. The van der Waals surface area contributed by atoms with E-state index in [9.17, 15) is 9.00 Å². The first kappa shape index (κ1) is 8.54. The summed E-state index contributed by atoms with van der Waals surface area (Å²) in [4.78, 5) is 9.94. The van der Waals surface area contributed by atoms with Gasteiger partial charge < -0.3 is 5.73 Å². The molecule has 54 valence electrons. The van der Waals surface area contributed by atoms with Gasteiger partial charge in [-0.15, -0.1) is 0 Å². The normalized spacial score (nSPS) is 13.0. The fraction of sp³-hybridized carbons (Fsp3) is 0.667. The summed E-state index contributed by atoms with van der Waals surface area (Å²) in [6.07, 6.45) is -0.0354. The molecule has 0 bridgehead atoms. The Kier molecular flexibility index (Phi) is 4.20. The zero-order valence-corrected chi connectivity index (χ0v) is 5.39. The molecule has 0 aromatic rings. The molecule has 0 radical (unpaired) electrons. The molecule has 0 aliphatic heterocycles. The van der Waals surface area contributed by atoms with Crippen LogP contribution in [0.5, 0.6) is 0 Å². The summed E-state index contributed by atoms with van der Waals surface area (Å²) in [7, 11) is 0. The predicted molar refractivity (Wildman–Crippen MR) is 30.5 cm³/mol. The monoisotopic (exact) mass is 153 g/mol. The fourth-order valence-electron chi connectivity index (χ4n) is 0.214. The zero-order valence-electron chi connectivity index (χ0n) is 4.57. The molecule has 5 nitrogen and oxygen atoms in total. The predicted octanol–water partition coefficient (Wildman–Crippen LogP) is -0.985. The second-order valence-corrected chi connectivity index (χ2v) is 1.93. The first-order valence-corrected chi connectivity index (χ1v) is 3.18. The topological polar surface area (TPSA) is 89.6 Å². The van der Waals surface area contributed by atoms with Gasteiger partial charge in [0.1, 0.15) is 0 Å². The molecule has 0 heterocycles. The maximum absolute atomic E-state index is 9.94. The smallest absolute Gasteiger partial charge is 0.301 e. The highest BCUT2D eigenvalue weighted by molar-refractivity contribution is 7.74. The number of carbonyl (C=O) groups excluding carboxylic acids is 1. The van der Waals surface area contributed by atoms with Crippen molar-refractivity contribution in [2.75, 3.05) is 6.61 Å². The molecule has 6 heteroatoms. The minimum atomic E-state index is -2.29. The quantitative estimate of drug-likeness (QED) is 0.508. The molecule has 3 N–H and O–H groups in total. The second kappa shape index (κ2) is 4.42. The molecule has 0 rings (SSSR count). The third-order valence-electron chi connectivity index (χ3n) is 0.533. The van der Waals surface area contributed by atoms with E-state index in [1.807, 2.05) is 0 Å². The first-order chi connectivity index (χ1) is 4.13. The van der Waals surface area contributed by atoms with Gasteiger partial charge in [-0.2, -0.15) is 4.21 Å². The van der Waals surface area contributed by atoms with E-state index in [1.165, 1.54) is 0 Å². The van der Waals surface area contributed by atoms with Crippen molar-refractivity contribution in [1.29, 1.82) is 0 Å². The SMILES string of the molecule is NC(=O)CCOS(=O)O. The summed E-state index contributed by atoms with van der Waals surface area (Å²) in [5.74, 6) is -0.555. The van der Waals surface area contributed by atoms with Gasteiger partial charge in [0.25, 0.3) is 0 Å². The van der Waals surface area contributed by atoms with Gasteiger partial charge >= 0.3 is 11.4 Å². The lowest BCUT2D eigenvalue weighted by atomic mass is 10.4. The Labute approximate surface area is 54.7 Å². The number of amides is 1. The lowest BCUT2D eigenvalue weighted by Gasteiger charge is -1.92. The maximum atomic E-state index is 9.94. The molecule has 9 heavy (non-hydrogen) atoms. The molecule has 0 spiro atoms. The van der Waals surface area contributed by atoms with E-state index in [1.54, 1.807) is 0 Å². The van der Waals surface area contributed by atoms with Crippen LogP contribution in [0.2, 0.25) is 0 Å². The van der Waals surface area contributed by atoms with Gasteiger partial charge in [0.15, 0.2) is 0 Å². The highest BCUT2D eigenvalue weighted by atomic mass is 32.2. The van der Waals surface area contributed by atoms with E-state index in [0.717, 1.165) is 0 Å². The summed E-state index contributed by atoms with van der Waals surface area (Å²) >= 11 is -2.29. The Morgan fingerprint density at radius 1 is 1.78 bits per heavy atom. The van der Waals surface area contributed by atoms with Gasteiger partial charge in [-0.3, -0.25) is 13.5 Å². The van der Waals surface area contributed by atoms with E-state index in [4.69, 9.17) is 4.55 Å². The Morgan fingerprint density at radius 3 is 2.67 bits per heavy atom. The van der Waals surface area contributed by atoms with E-state index in [2.05, 4.69) is 9.92 Å². The number of primary amides is 1. The Hall–Kier alpha value is -0.460. The van der Waals surface area contributed by atoms with Crippen LogP contribution >= 0.6 is 0 Å². The van der Waals surface area contributed by atoms with Crippen molar-refractivity contribution < 1.29 is 17.7 Å². The van der Waals surface area contributed by atoms with E-state index in [0.29, 0.717) is 0 Å². The zero-order chi connectivity index (χ0) is 7.28. The third-order valence-corrected chi connectivity index (χ3v) is 0.901. The molecular weight excluding hydrogens is 146 g/mol. The summed E-state index contributed by atoms with van der Waals surface area (Å²) < 4.78 is 21.8.